The minimum Gasteiger partial charge on any atom is -0.478 e. The lowest BCUT2D eigenvalue weighted by Crippen LogP contribution is -2.25. The summed E-state index contributed by atoms with van der Waals surface area (Å²) in [6, 6.07) is 1.91. The van der Waals surface area contributed by atoms with Crippen molar-refractivity contribution in [2.75, 3.05) is 7.05 Å². The molecule has 0 saturated carbocycles. The normalized spacial score (nSPS) is 10.8. The second kappa shape index (κ2) is 7.74. The Labute approximate surface area is 117 Å². The summed E-state index contributed by atoms with van der Waals surface area (Å²) in [5, 5.41) is 10.5. The number of nitrogens with zero attached hydrogens (tertiary/aromatic N) is 1. The van der Waals surface area contributed by atoms with Gasteiger partial charge in [-0.25, -0.2) is 4.79 Å². The molecule has 0 atom stereocenters. The molecule has 19 heavy (non-hydrogen) atoms. The highest BCUT2D eigenvalue weighted by Crippen LogP contribution is 2.18. The Bertz CT molecular complexity index is 465. The van der Waals surface area contributed by atoms with E-state index in [1.54, 1.807) is 18.0 Å². The van der Waals surface area contributed by atoms with Crippen molar-refractivity contribution in [2.24, 2.45) is 0 Å². The molecule has 1 aromatic rings. The Kier molecular flexibility index (Phi) is 6.29. The summed E-state index contributed by atoms with van der Waals surface area (Å²) < 4.78 is 0. The van der Waals surface area contributed by atoms with Crippen LogP contribution >= 0.6 is 11.3 Å². The molecule has 0 aliphatic rings. The molecule has 0 aliphatic carbocycles. The fraction of sp³-hybridized carbons (Fsp3) is 0.429. The molecule has 104 valence electrons. The van der Waals surface area contributed by atoms with Gasteiger partial charge in [-0.05, 0) is 29.5 Å². The summed E-state index contributed by atoms with van der Waals surface area (Å²) in [6.45, 7) is 2.63. The van der Waals surface area contributed by atoms with E-state index in [4.69, 9.17) is 5.11 Å². The first kappa shape index (κ1) is 15.4. The van der Waals surface area contributed by atoms with Gasteiger partial charge in [0.1, 0.15) is 0 Å². The van der Waals surface area contributed by atoms with E-state index in [0.717, 1.165) is 29.4 Å². The van der Waals surface area contributed by atoms with Gasteiger partial charge < -0.3 is 10.0 Å². The molecule has 4 nitrogen and oxygen atoms in total. The van der Waals surface area contributed by atoms with Crippen molar-refractivity contribution in [1.82, 2.24) is 4.90 Å². The molecule has 0 aromatic carbocycles. The molecular formula is C14H19NO3S. The van der Waals surface area contributed by atoms with Crippen LogP contribution in [-0.2, 0) is 16.1 Å². The molecule has 0 aliphatic heterocycles. The van der Waals surface area contributed by atoms with Crippen LogP contribution in [0, 0.1) is 0 Å². The molecule has 5 heteroatoms. The Hall–Kier alpha value is -1.62. The predicted molar refractivity (Wildman–Crippen MR) is 77.0 cm³/mol. The highest BCUT2D eigenvalue weighted by molar-refractivity contribution is 7.11. The number of carbonyl (C=O) groups excluding carboxylic acids is 1. The summed E-state index contributed by atoms with van der Waals surface area (Å²) in [7, 11) is 1.79. The molecule has 0 radical (unpaired) electrons. The highest BCUT2D eigenvalue weighted by Gasteiger charge is 2.09. The topological polar surface area (TPSA) is 57.6 Å². The van der Waals surface area contributed by atoms with Gasteiger partial charge in [-0.2, -0.15) is 0 Å². The molecule has 1 N–H and O–H groups in total. The molecule has 1 amide bonds. The van der Waals surface area contributed by atoms with Crippen molar-refractivity contribution in [3.8, 4) is 0 Å². The third kappa shape index (κ3) is 5.70. The van der Waals surface area contributed by atoms with Crippen LogP contribution in [0.1, 0.15) is 36.6 Å². The molecule has 1 aromatic heterocycles. The van der Waals surface area contributed by atoms with E-state index >= 15 is 0 Å². The third-order valence-electron chi connectivity index (χ3n) is 2.65. The monoisotopic (exact) mass is 281 g/mol. The lowest BCUT2D eigenvalue weighted by Gasteiger charge is -2.16. The maximum Gasteiger partial charge on any atom is 0.328 e. The third-order valence-corrected chi connectivity index (χ3v) is 3.60. The van der Waals surface area contributed by atoms with Crippen molar-refractivity contribution >= 4 is 29.3 Å². The van der Waals surface area contributed by atoms with Gasteiger partial charge in [-0.15, -0.1) is 11.3 Å². The quantitative estimate of drug-likeness (QED) is 0.782. The van der Waals surface area contributed by atoms with Crippen molar-refractivity contribution in [1.29, 1.82) is 0 Å². The van der Waals surface area contributed by atoms with E-state index in [2.05, 4.69) is 6.92 Å². The second-order valence-electron chi connectivity index (χ2n) is 4.38. The Morgan fingerprint density at radius 1 is 1.47 bits per heavy atom. The van der Waals surface area contributed by atoms with Crippen molar-refractivity contribution in [2.45, 2.75) is 32.7 Å². The van der Waals surface area contributed by atoms with Crippen LogP contribution in [0.3, 0.4) is 0 Å². The van der Waals surface area contributed by atoms with Crippen LogP contribution in [0.4, 0.5) is 0 Å². The molecule has 0 spiro atoms. The molecule has 0 fully saturated rings. The van der Waals surface area contributed by atoms with E-state index in [1.165, 1.54) is 11.3 Å². The number of carboxylic acid groups (broad SMARTS) is 1. The number of carboxylic acids is 1. The summed E-state index contributed by atoms with van der Waals surface area (Å²) in [6.07, 6.45) is 5.20. The first-order valence-electron chi connectivity index (χ1n) is 6.25. The lowest BCUT2D eigenvalue weighted by atomic mass is 10.2. The maximum atomic E-state index is 11.8. The predicted octanol–water partition coefficient (Wildman–Crippen LogP) is 2.99. The van der Waals surface area contributed by atoms with Crippen LogP contribution in [0.5, 0.6) is 0 Å². The summed E-state index contributed by atoms with van der Waals surface area (Å²) in [5.41, 5.74) is 1.03. The van der Waals surface area contributed by atoms with E-state index in [9.17, 15) is 9.59 Å². The minimum atomic E-state index is -0.957. The summed E-state index contributed by atoms with van der Waals surface area (Å²) in [4.78, 5) is 24.8. The Morgan fingerprint density at radius 3 is 2.84 bits per heavy atom. The van der Waals surface area contributed by atoms with E-state index < -0.39 is 5.97 Å². The first-order valence-corrected chi connectivity index (χ1v) is 7.13. The van der Waals surface area contributed by atoms with Crippen LogP contribution in [-0.4, -0.2) is 28.9 Å². The number of thiophene rings is 1. The maximum absolute atomic E-state index is 11.8. The van der Waals surface area contributed by atoms with E-state index in [0.29, 0.717) is 13.0 Å². The number of hydrogen-bond donors (Lipinski definition) is 1. The van der Waals surface area contributed by atoms with Crippen LogP contribution < -0.4 is 0 Å². The van der Waals surface area contributed by atoms with Crippen LogP contribution in [0.15, 0.2) is 17.5 Å². The lowest BCUT2D eigenvalue weighted by molar-refractivity contribution is -0.131. The Morgan fingerprint density at radius 2 is 2.21 bits per heavy atom. The molecule has 1 rings (SSSR count). The summed E-state index contributed by atoms with van der Waals surface area (Å²) >= 11 is 1.47. The fourth-order valence-corrected chi connectivity index (χ4v) is 2.40. The number of hydrogen-bond acceptors (Lipinski definition) is 3. The zero-order valence-electron chi connectivity index (χ0n) is 11.3. The Balaban J connectivity index is 2.53. The standard InChI is InChI=1S/C14H19NO3S/c1-3-4-5-13(16)15(2)9-11-8-12(19-10-11)6-7-14(17)18/h6-8,10H,3-5,9H2,1-2H3,(H,17,18)/b7-6+. The van der Waals surface area contributed by atoms with E-state index in [-0.39, 0.29) is 5.91 Å². The summed E-state index contributed by atoms with van der Waals surface area (Å²) in [5.74, 6) is -0.808. The number of amides is 1. The molecule has 1 heterocycles. The zero-order chi connectivity index (χ0) is 14.3. The molecule has 0 saturated heterocycles. The van der Waals surface area contributed by atoms with Gasteiger partial charge in [0.2, 0.25) is 5.91 Å². The average molecular weight is 281 g/mol. The number of rotatable bonds is 7. The second-order valence-corrected chi connectivity index (χ2v) is 5.33. The number of carbonyl (C=O) groups is 2. The van der Waals surface area contributed by atoms with Gasteiger partial charge in [0.05, 0.1) is 0 Å². The molecule has 0 bridgehead atoms. The van der Waals surface area contributed by atoms with Crippen molar-refractivity contribution < 1.29 is 14.7 Å². The molecular weight excluding hydrogens is 262 g/mol. The first-order chi connectivity index (χ1) is 9.02. The smallest absolute Gasteiger partial charge is 0.328 e. The van der Waals surface area contributed by atoms with Gasteiger partial charge in [0.25, 0.3) is 0 Å². The number of unbranched alkanes of at least 4 members (excludes halogenated alkanes) is 1. The molecule has 0 unspecified atom stereocenters. The van der Waals surface area contributed by atoms with Crippen molar-refractivity contribution in [3.05, 3.63) is 28.0 Å². The minimum absolute atomic E-state index is 0.149. The fourth-order valence-electron chi connectivity index (χ4n) is 1.60. The van der Waals surface area contributed by atoms with Crippen LogP contribution in [0.2, 0.25) is 0 Å². The van der Waals surface area contributed by atoms with Crippen molar-refractivity contribution in [3.63, 3.8) is 0 Å². The van der Waals surface area contributed by atoms with E-state index in [1.807, 2.05) is 11.4 Å². The van der Waals surface area contributed by atoms with Gasteiger partial charge in [-0.3, -0.25) is 4.79 Å². The average Bonchev–Trinajstić information content (AvgIpc) is 2.81. The van der Waals surface area contributed by atoms with Gasteiger partial charge in [-0.1, -0.05) is 13.3 Å². The number of aliphatic carboxylic acids is 1. The van der Waals surface area contributed by atoms with Gasteiger partial charge in [0, 0.05) is 31.0 Å². The zero-order valence-corrected chi connectivity index (χ0v) is 12.1. The largest absolute Gasteiger partial charge is 0.478 e. The SMILES string of the molecule is CCCCC(=O)N(C)Cc1csc(/C=C/C(=O)O)c1. The van der Waals surface area contributed by atoms with Crippen LogP contribution in [0.25, 0.3) is 6.08 Å². The van der Waals surface area contributed by atoms with Gasteiger partial charge in [0.15, 0.2) is 0 Å². The van der Waals surface area contributed by atoms with Gasteiger partial charge >= 0.3 is 5.97 Å². The highest BCUT2D eigenvalue weighted by atomic mass is 32.1.